The summed E-state index contributed by atoms with van der Waals surface area (Å²) >= 11 is 0. The van der Waals surface area contributed by atoms with Crippen LogP contribution in [0.1, 0.15) is 75.0 Å². The molecule has 0 radical (unpaired) electrons. The number of aryl methyl sites for hydroxylation is 1. The van der Waals surface area contributed by atoms with Gasteiger partial charge in [-0.05, 0) is 31.6 Å². The van der Waals surface area contributed by atoms with Gasteiger partial charge < -0.3 is 5.32 Å². The molecule has 0 unspecified atom stereocenters. The van der Waals surface area contributed by atoms with Gasteiger partial charge in [0.1, 0.15) is 5.82 Å². The zero-order valence-corrected chi connectivity index (χ0v) is 15.9. The number of amides is 1. The first kappa shape index (κ1) is 19.6. The first-order valence-corrected chi connectivity index (χ1v) is 9.77. The summed E-state index contributed by atoms with van der Waals surface area (Å²) in [5.41, 5.74) is -0.643. The minimum absolute atomic E-state index is 0.0473. The number of hydrogen-bond donors (Lipinski definition) is 1. The van der Waals surface area contributed by atoms with Gasteiger partial charge in [0.2, 0.25) is 11.8 Å². The van der Waals surface area contributed by atoms with E-state index < -0.39 is 29.3 Å². The predicted molar refractivity (Wildman–Crippen MR) is 92.2 cm³/mol. The second-order valence-corrected chi connectivity index (χ2v) is 8.72. The van der Waals surface area contributed by atoms with Crippen LogP contribution in [-0.4, -0.2) is 27.8 Å². The first-order valence-electron chi connectivity index (χ1n) is 9.77. The molecule has 156 valence electrons. The Bertz CT molecular complexity index is 784. The van der Waals surface area contributed by atoms with Crippen LogP contribution < -0.4 is 5.32 Å². The molecule has 3 aliphatic rings. The number of alkyl halides is 5. The molecule has 1 atom stereocenters. The van der Waals surface area contributed by atoms with Crippen LogP contribution in [0.2, 0.25) is 0 Å². The van der Waals surface area contributed by atoms with Crippen LogP contribution in [0.4, 0.5) is 27.8 Å². The fraction of sp³-hybridized carbons (Fsp3) is 0.789. The highest BCUT2D eigenvalue weighted by Gasteiger charge is 2.67. The maximum Gasteiger partial charge on any atom is 0.395 e. The first-order chi connectivity index (χ1) is 13.0. The van der Waals surface area contributed by atoms with E-state index >= 15 is 0 Å². The zero-order valence-electron chi connectivity index (χ0n) is 15.9. The molecule has 0 saturated heterocycles. The summed E-state index contributed by atoms with van der Waals surface area (Å²) in [7, 11) is 1.60. The molecule has 1 heterocycles. The van der Waals surface area contributed by atoms with E-state index in [1.54, 1.807) is 7.05 Å². The molecule has 4 rings (SSSR count). The van der Waals surface area contributed by atoms with E-state index in [0.717, 1.165) is 24.8 Å². The van der Waals surface area contributed by atoms with Gasteiger partial charge in [-0.15, -0.1) is 0 Å². The summed E-state index contributed by atoms with van der Waals surface area (Å²) in [5.74, 6) is -4.49. The van der Waals surface area contributed by atoms with E-state index in [0.29, 0.717) is 11.5 Å². The van der Waals surface area contributed by atoms with Gasteiger partial charge in [-0.2, -0.15) is 18.3 Å². The molecule has 28 heavy (non-hydrogen) atoms. The highest BCUT2D eigenvalue weighted by molar-refractivity contribution is 5.93. The average Bonchev–Trinajstić information content (AvgIpc) is 3.27. The van der Waals surface area contributed by atoms with Crippen molar-refractivity contribution >= 4 is 11.7 Å². The van der Waals surface area contributed by atoms with Crippen LogP contribution in [0.15, 0.2) is 0 Å². The summed E-state index contributed by atoms with van der Waals surface area (Å²) in [5, 5.41) is 7.05. The molecule has 1 aromatic heterocycles. The number of nitrogens with one attached hydrogen (secondary N) is 1. The van der Waals surface area contributed by atoms with Crippen molar-refractivity contribution in [3.63, 3.8) is 0 Å². The fourth-order valence-corrected chi connectivity index (χ4v) is 4.54. The SMILES string of the molecule is C[C@@H](C(=O)Nc1c(C2CCC2)c(C2CC(F)(F)C2)nn1C)C1(C(F)(F)F)CC1. The fourth-order valence-electron chi connectivity index (χ4n) is 4.54. The third-order valence-electron chi connectivity index (χ3n) is 6.92. The molecular formula is C19H24F5N3O. The van der Waals surface area contributed by atoms with E-state index in [2.05, 4.69) is 10.4 Å². The maximum atomic E-state index is 13.4. The Balaban J connectivity index is 1.59. The quantitative estimate of drug-likeness (QED) is 0.692. The highest BCUT2D eigenvalue weighted by atomic mass is 19.4. The van der Waals surface area contributed by atoms with Crippen molar-refractivity contribution in [1.82, 2.24) is 9.78 Å². The van der Waals surface area contributed by atoms with E-state index in [4.69, 9.17) is 0 Å². The van der Waals surface area contributed by atoms with Crippen molar-refractivity contribution in [2.45, 2.75) is 75.8 Å². The molecule has 3 fully saturated rings. The lowest BCUT2D eigenvalue weighted by Crippen LogP contribution is -2.38. The van der Waals surface area contributed by atoms with Gasteiger partial charge >= 0.3 is 6.18 Å². The second kappa shape index (κ2) is 6.16. The van der Waals surface area contributed by atoms with Gasteiger partial charge in [0.15, 0.2) is 0 Å². The van der Waals surface area contributed by atoms with Crippen LogP contribution >= 0.6 is 0 Å². The molecule has 0 bridgehead atoms. The standard InChI is InChI=1S/C19H24F5N3O/c1-10(17(6-7-17)19(22,23)24)16(28)25-15-13(11-4-3-5-11)14(26-27(15)2)12-8-18(20,21)9-12/h10-12H,3-9H2,1-2H3,(H,25,28)/t10-/m0/s1. The lowest BCUT2D eigenvalue weighted by Gasteiger charge is -2.36. The van der Waals surface area contributed by atoms with Gasteiger partial charge in [-0.1, -0.05) is 13.3 Å². The lowest BCUT2D eigenvalue weighted by molar-refractivity contribution is -0.201. The molecule has 1 aromatic rings. The number of anilines is 1. The van der Waals surface area contributed by atoms with Gasteiger partial charge in [-0.3, -0.25) is 9.48 Å². The molecule has 3 saturated carbocycles. The number of carbonyl (C=O) groups is 1. The Hall–Kier alpha value is -1.67. The second-order valence-electron chi connectivity index (χ2n) is 8.72. The largest absolute Gasteiger partial charge is 0.395 e. The molecular weight excluding hydrogens is 381 g/mol. The summed E-state index contributed by atoms with van der Waals surface area (Å²) in [6, 6.07) is 0. The average molecular weight is 405 g/mol. The van der Waals surface area contributed by atoms with Crippen LogP contribution in [0.25, 0.3) is 0 Å². The van der Waals surface area contributed by atoms with Crippen molar-refractivity contribution in [2.24, 2.45) is 18.4 Å². The molecule has 4 nitrogen and oxygen atoms in total. The minimum atomic E-state index is -4.42. The normalized spacial score (nSPS) is 25.0. The van der Waals surface area contributed by atoms with E-state index in [1.165, 1.54) is 11.6 Å². The molecule has 0 aliphatic heterocycles. The Morgan fingerprint density at radius 1 is 1.21 bits per heavy atom. The zero-order chi connectivity index (χ0) is 20.5. The molecule has 1 amide bonds. The number of halogens is 5. The van der Waals surface area contributed by atoms with Crippen molar-refractivity contribution in [3.05, 3.63) is 11.3 Å². The van der Waals surface area contributed by atoms with E-state index in [-0.39, 0.29) is 37.5 Å². The monoisotopic (exact) mass is 405 g/mol. The van der Waals surface area contributed by atoms with Crippen molar-refractivity contribution in [3.8, 4) is 0 Å². The molecule has 9 heteroatoms. The molecule has 3 aliphatic carbocycles. The summed E-state index contributed by atoms with van der Waals surface area (Å²) in [6.07, 6.45) is -2.33. The number of rotatable bonds is 5. The Morgan fingerprint density at radius 3 is 2.25 bits per heavy atom. The summed E-state index contributed by atoms with van der Waals surface area (Å²) in [6.45, 7) is 1.31. The number of aromatic nitrogens is 2. The number of nitrogens with zero attached hydrogens (tertiary/aromatic N) is 2. The third-order valence-corrected chi connectivity index (χ3v) is 6.92. The van der Waals surface area contributed by atoms with Crippen LogP contribution in [-0.2, 0) is 11.8 Å². The van der Waals surface area contributed by atoms with Gasteiger partial charge in [-0.25, -0.2) is 8.78 Å². The molecule has 0 spiro atoms. The smallest absolute Gasteiger partial charge is 0.310 e. The van der Waals surface area contributed by atoms with Crippen LogP contribution in [0.5, 0.6) is 0 Å². The minimum Gasteiger partial charge on any atom is -0.310 e. The topological polar surface area (TPSA) is 46.9 Å². The van der Waals surface area contributed by atoms with Gasteiger partial charge in [0, 0.05) is 37.3 Å². The maximum absolute atomic E-state index is 13.4. The summed E-state index contributed by atoms with van der Waals surface area (Å²) in [4.78, 5) is 12.7. The predicted octanol–water partition coefficient (Wildman–Crippen LogP) is 5.12. The van der Waals surface area contributed by atoms with Gasteiger partial charge in [0.25, 0.3) is 0 Å². The Morgan fingerprint density at radius 2 is 1.82 bits per heavy atom. The van der Waals surface area contributed by atoms with Crippen LogP contribution in [0.3, 0.4) is 0 Å². The summed E-state index contributed by atoms with van der Waals surface area (Å²) < 4.78 is 68.2. The number of carbonyl (C=O) groups excluding carboxylic acids is 1. The van der Waals surface area contributed by atoms with E-state index in [9.17, 15) is 26.7 Å². The Kier molecular flexibility index (Phi) is 4.32. The van der Waals surface area contributed by atoms with Gasteiger partial charge in [0.05, 0.1) is 11.1 Å². The highest BCUT2D eigenvalue weighted by Crippen LogP contribution is 2.62. The van der Waals surface area contributed by atoms with Crippen LogP contribution in [0, 0.1) is 11.3 Å². The van der Waals surface area contributed by atoms with Crippen molar-refractivity contribution in [2.75, 3.05) is 5.32 Å². The third kappa shape index (κ3) is 3.01. The molecule has 0 aromatic carbocycles. The van der Waals surface area contributed by atoms with Crippen molar-refractivity contribution < 1.29 is 26.7 Å². The Labute approximate surface area is 159 Å². The van der Waals surface area contributed by atoms with Crippen molar-refractivity contribution in [1.29, 1.82) is 0 Å². The lowest BCUT2D eigenvalue weighted by atomic mass is 9.73. The molecule has 1 N–H and O–H groups in total. The number of hydrogen-bond acceptors (Lipinski definition) is 2. The van der Waals surface area contributed by atoms with E-state index in [1.807, 2.05) is 0 Å².